The predicted molar refractivity (Wildman–Crippen MR) is 136 cm³/mol. The van der Waals surface area contributed by atoms with Gasteiger partial charge in [0.15, 0.2) is 0 Å². The van der Waals surface area contributed by atoms with Crippen LogP contribution < -0.4 is 0 Å². The second kappa shape index (κ2) is 10.0. The van der Waals surface area contributed by atoms with Gasteiger partial charge in [0, 0.05) is 35.5 Å². The van der Waals surface area contributed by atoms with Crippen molar-refractivity contribution in [2.45, 2.75) is 31.2 Å². The fourth-order valence-corrected chi connectivity index (χ4v) is 5.13. The molecule has 0 fully saturated rings. The van der Waals surface area contributed by atoms with Crippen molar-refractivity contribution in [1.29, 1.82) is 5.26 Å². The molecule has 1 aromatic heterocycles. The Balaban J connectivity index is 0.00000259. The molecule has 3 nitrogen and oxygen atoms in total. The van der Waals surface area contributed by atoms with Gasteiger partial charge in [-0.1, -0.05) is 72.3 Å². The quantitative estimate of drug-likeness (QED) is 0.296. The fraction of sp³-hybridized carbons (Fsp3) is 0.250. The van der Waals surface area contributed by atoms with Crippen LogP contribution in [0.3, 0.4) is 0 Å². The number of halogens is 2. The normalized spacial score (nSPS) is 13.8. The SMILES string of the molecule is Cl.N#CC(CCCN1CCc2oc3ccc(Cl)cc3c2C1)(c1ccccc1)c1ccccc1. The lowest BCUT2D eigenvalue weighted by molar-refractivity contribution is 0.235. The Kier molecular flexibility index (Phi) is 7.10. The van der Waals surface area contributed by atoms with Crippen LogP contribution in [0, 0.1) is 11.3 Å². The smallest absolute Gasteiger partial charge is 0.134 e. The number of hydrogen-bond acceptors (Lipinski definition) is 3. The number of fused-ring (bicyclic) bond motifs is 3. The molecule has 0 radical (unpaired) electrons. The van der Waals surface area contributed by atoms with Crippen molar-refractivity contribution >= 4 is 35.0 Å². The average molecular weight is 477 g/mol. The Morgan fingerprint density at radius 3 is 2.27 bits per heavy atom. The van der Waals surface area contributed by atoms with Gasteiger partial charge in [0.25, 0.3) is 0 Å². The molecule has 5 rings (SSSR count). The lowest BCUT2D eigenvalue weighted by Crippen LogP contribution is -2.33. The molecule has 5 heteroatoms. The summed E-state index contributed by atoms with van der Waals surface area (Å²) < 4.78 is 6.06. The van der Waals surface area contributed by atoms with Crippen LogP contribution in [-0.2, 0) is 18.4 Å². The van der Waals surface area contributed by atoms with E-state index in [1.165, 1.54) is 5.56 Å². The molecule has 0 N–H and O–H groups in total. The maximum Gasteiger partial charge on any atom is 0.134 e. The Bertz CT molecular complexity index is 1220. The summed E-state index contributed by atoms with van der Waals surface area (Å²) in [4.78, 5) is 2.47. The van der Waals surface area contributed by atoms with Gasteiger partial charge in [-0.3, -0.25) is 4.90 Å². The number of nitrogens with zero attached hydrogens (tertiary/aromatic N) is 2. The van der Waals surface area contributed by atoms with Crippen molar-refractivity contribution in [3.63, 3.8) is 0 Å². The van der Waals surface area contributed by atoms with Crippen molar-refractivity contribution in [2.24, 2.45) is 0 Å². The van der Waals surface area contributed by atoms with E-state index in [2.05, 4.69) is 35.2 Å². The zero-order chi connectivity index (χ0) is 22.0. The van der Waals surface area contributed by atoms with Crippen molar-refractivity contribution < 1.29 is 4.42 Å². The van der Waals surface area contributed by atoms with E-state index in [1.807, 2.05) is 54.6 Å². The summed E-state index contributed by atoms with van der Waals surface area (Å²) >= 11 is 6.23. The summed E-state index contributed by atoms with van der Waals surface area (Å²) in [6.07, 6.45) is 2.62. The molecule has 2 heterocycles. The van der Waals surface area contributed by atoms with Crippen molar-refractivity contribution in [2.75, 3.05) is 13.1 Å². The molecule has 4 aromatic rings. The van der Waals surface area contributed by atoms with E-state index in [0.717, 1.165) is 71.8 Å². The number of rotatable bonds is 6. The van der Waals surface area contributed by atoms with Crippen molar-refractivity contribution in [3.05, 3.63) is 106 Å². The minimum atomic E-state index is -0.640. The summed E-state index contributed by atoms with van der Waals surface area (Å²) in [7, 11) is 0. The molecular formula is C28H26Cl2N2O. The lowest BCUT2D eigenvalue weighted by Gasteiger charge is -2.30. The van der Waals surface area contributed by atoms with E-state index in [9.17, 15) is 5.26 Å². The molecule has 0 atom stereocenters. The van der Waals surface area contributed by atoms with Crippen LogP contribution >= 0.6 is 24.0 Å². The highest BCUT2D eigenvalue weighted by molar-refractivity contribution is 6.31. The molecule has 168 valence electrons. The molecular weight excluding hydrogens is 451 g/mol. The minimum absolute atomic E-state index is 0. The average Bonchev–Trinajstić information content (AvgIpc) is 3.20. The lowest BCUT2D eigenvalue weighted by atomic mass is 9.72. The number of furan rings is 1. The van der Waals surface area contributed by atoms with E-state index in [-0.39, 0.29) is 12.4 Å². The van der Waals surface area contributed by atoms with Crippen molar-refractivity contribution in [1.82, 2.24) is 4.90 Å². The Morgan fingerprint density at radius 2 is 1.64 bits per heavy atom. The van der Waals surface area contributed by atoms with Crippen LogP contribution in [0.25, 0.3) is 11.0 Å². The standard InChI is InChI=1S/C28H25ClN2O.ClH/c29-23-12-13-26-24(18-23)25-19-31(17-14-27(25)32-26)16-7-15-28(20-30,21-8-3-1-4-9-21)22-10-5-2-6-11-22;/h1-6,8-13,18H,7,14-17,19H2;1H. The van der Waals surface area contributed by atoms with Gasteiger partial charge in [-0.25, -0.2) is 0 Å². The van der Waals surface area contributed by atoms with Gasteiger partial charge in [0.05, 0.1) is 6.07 Å². The molecule has 0 amide bonds. The van der Waals surface area contributed by atoms with Gasteiger partial charge in [-0.2, -0.15) is 5.26 Å². The molecule has 0 bridgehead atoms. The third-order valence-corrected chi connectivity index (χ3v) is 6.86. The van der Waals surface area contributed by atoms with Crippen molar-refractivity contribution in [3.8, 4) is 6.07 Å². The molecule has 3 aromatic carbocycles. The summed E-state index contributed by atoms with van der Waals surface area (Å²) in [5.41, 5.74) is 3.65. The summed E-state index contributed by atoms with van der Waals surface area (Å²) in [5.74, 6) is 1.08. The Morgan fingerprint density at radius 1 is 0.970 bits per heavy atom. The zero-order valence-corrected chi connectivity index (χ0v) is 19.9. The minimum Gasteiger partial charge on any atom is -0.461 e. The first-order valence-corrected chi connectivity index (χ1v) is 11.5. The van der Waals surface area contributed by atoms with Gasteiger partial charge in [0.1, 0.15) is 16.8 Å². The number of benzene rings is 3. The van der Waals surface area contributed by atoms with Crippen LogP contribution in [0.2, 0.25) is 5.02 Å². The van der Waals surface area contributed by atoms with Crippen LogP contribution in [0.1, 0.15) is 35.3 Å². The Labute approximate surface area is 206 Å². The van der Waals surface area contributed by atoms with E-state index in [0.29, 0.717) is 0 Å². The first kappa shape index (κ1) is 23.4. The maximum absolute atomic E-state index is 10.4. The first-order valence-electron chi connectivity index (χ1n) is 11.1. The largest absolute Gasteiger partial charge is 0.461 e. The van der Waals surface area contributed by atoms with Crippen LogP contribution in [-0.4, -0.2) is 18.0 Å². The molecule has 0 aliphatic carbocycles. The molecule has 1 aliphatic heterocycles. The molecule has 33 heavy (non-hydrogen) atoms. The van der Waals surface area contributed by atoms with Crippen LogP contribution in [0.5, 0.6) is 0 Å². The third-order valence-electron chi connectivity index (χ3n) is 6.62. The van der Waals surface area contributed by atoms with Gasteiger partial charge < -0.3 is 4.42 Å². The van der Waals surface area contributed by atoms with E-state index in [1.54, 1.807) is 0 Å². The molecule has 0 unspecified atom stereocenters. The molecule has 0 saturated carbocycles. The fourth-order valence-electron chi connectivity index (χ4n) is 4.95. The second-order valence-corrected chi connectivity index (χ2v) is 8.96. The third kappa shape index (κ3) is 4.52. The first-order chi connectivity index (χ1) is 15.7. The maximum atomic E-state index is 10.4. The molecule has 0 spiro atoms. The van der Waals surface area contributed by atoms with Gasteiger partial charge in [0.2, 0.25) is 0 Å². The second-order valence-electron chi connectivity index (χ2n) is 8.52. The number of hydrogen-bond donors (Lipinski definition) is 0. The highest BCUT2D eigenvalue weighted by Gasteiger charge is 2.34. The van der Waals surface area contributed by atoms with E-state index < -0.39 is 5.41 Å². The Hall–Kier alpha value is -2.77. The van der Waals surface area contributed by atoms with Gasteiger partial charge in [-0.15, -0.1) is 12.4 Å². The topological polar surface area (TPSA) is 40.2 Å². The highest BCUT2D eigenvalue weighted by Crippen LogP contribution is 2.37. The van der Waals surface area contributed by atoms with E-state index >= 15 is 0 Å². The van der Waals surface area contributed by atoms with Crippen LogP contribution in [0.15, 0.2) is 83.3 Å². The molecule has 1 aliphatic rings. The number of nitriles is 1. The predicted octanol–water partition coefficient (Wildman–Crippen LogP) is 7.16. The summed E-state index contributed by atoms with van der Waals surface area (Å²) in [6, 6.07) is 28.9. The highest BCUT2D eigenvalue weighted by atomic mass is 35.5. The van der Waals surface area contributed by atoms with Crippen LogP contribution in [0.4, 0.5) is 0 Å². The van der Waals surface area contributed by atoms with Gasteiger partial charge >= 0.3 is 0 Å². The summed E-state index contributed by atoms with van der Waals surface area (Å²) in [5, 5.41) is 12.2. The van der Waals surface area contributed by atoms with E-state index in [4.69, 9.17) is 16.0 Å². The monoisotopic (exact) mass is 476 g/mol. The van der Waals surface area contributed by atoms with Gasteiger partial charge in [-0.05, 0) is 48.7 Å². The summed E-state index contributed by atoms with van der Waals surface area (Å²) in [6.45, 7) is 2.77. The molecule has 0 saturated heterocycles. The zero-order valence-electron chi connectivity index (χ0n) is 18.3.